The molecule has 0 radical (unpaired) electrons. The SMILES string of the molecule is C=C.C=Cc1c(N2CCCC2)cc2c3c(c4[nH]c(-c5ccccc5)nc4c(C(=C)N(C)C(CCCCCC)CCCCCC)c13)C1=CC=C(C(CCCCCC)CCCCCC)C3=C(C(=C)NC)C=CC2C13. The van der Waals surface area contributed by atoms with Gasteiger partial charge in [0.1, 0.15) is 5.82 Å². The van der Waals surface area contributed by atoms with E-state index in [0.717, 1.165) is 46.9 Å². The minimum Gasteiger partial charge on any atom is -0.388 e. The Balaban J connectivity index is 0.00000376. The second kappa shape index (κ2) is 26.6. The quantitative estimate of drug-likeness (QED) is 0.0420. The van der Waals surface area contributed by atoms with Crippen molar-refractivity contribution in [3.8, 4) is 11.4 Å². The summed E-state index contributed by atoms with van der Waals surface area (Å²) in [7, 11) is 4.39. The molecule has 0 spiro atoms. The lowest BCUT2D eigenvalue weighted by Crippen LogP contribution is -2.32. The Bertz CT molecular complexity index is 2580. The highest BCUT2D eigenvalue weighted by Crippen LogP contribution is 2.60. The maximum atomic E-state index is 5.76. The van der Waals surface area contributed by atoms with Gasteiger partial charge in [-0.3, -0.25) is 0 Å². The van der Waals surface area contributed by atoms with Gasteiger partial charge < -0.3 is 20.1 Å². The van der Waals surface area contributed by atoms with Gasteiger partial charge in [-0.05, 0) is 78.2 Å². The van der Waals surface area contributed by atoms with Gasteiger partial charge >= 0.3 is 0 Å². The van der Waals surface area contributed by atoms with Gasteiger partial charge in [-0.15, -0.1) is 13.2 Å². The first-order chi connectivity index (χ1) is 35.3. The molecule has 2 atom stereocenters. The minimum atomic E-state index is 0.148. The normalized spacial score (nSPS) is 16.8. The van der Waals surface area contributed by atoms with Gasteiger partial charge in [-0.2, -0.15) is 0 Å². The van der Waals surface area contributed by atoms with Crippen LogP contribution in [0.1, 0.15) is 197 Å². The summed E-state index contributed by atoms with van der Waals surface area (Å²) in [5.74, 6) is 1.73. The van der Waals surface area contributed by atoms with E-state index in [2.05, 4.69) is 141 Å². The van der Waals surface area contributed by atoms with Crippen molar-refractivity contribution in [1.29, 1.82) is 0 Å². The first kappa shape index (κ1) is 54.5. The molecule has 2 N–H and O–H groups in total. The Morgan fingerprint density at radius 2 is 1.40 bits per heavy atom. The van der Waals surface area contributed by atoms with Gasteiger partial charge in [-0.25, -0.2) is 4.98 Å². The molecule has 386 valence electrons. The van der Waals surface area contributed by atoms with Crippen molar-refractivity contribution < 1.29 is 0 Å². The van der Waals surface area contributed by atoms with Crippen LogP contribution in [0.25, 0.3) is 50.5 Å². The molecule has 1 saturated heterocycles. The first-order valence-corrected chi connectivity index (χ1v) is 28.9. The molecule has 8 rings (SSSR count). The Kier molecular flexibility index (Phi) is 20.1. The standard InChI is InChI=1S/C65H89N5.C2H4/c1-10-15-19-24-32-47(33-25-20-16-11-2)52-39-41-54-59-53(40-38-51(58(52)59)45(6)66-8)55-44-56(70-42-30-31-43-70)50(14-5)60-57(46(7)69(9)49(36-28-21-17-12-3)37-29-22-18-13-4)63-64(62(54)61(55)60)68-65(67-63)48-34-26-23-27-35-48;1-2/h14,23,26-27,34-35,38-41,44,47,49,53,59,66H,5-7,10-13,15-22,24-25,28-33,36-37,42-43H2,1-4,8-9H3,(H,67,68);1-2H2. The average molecular weight is 969 g/mol. The van der Waals surface area contributed by atoms with Gasteiger partial charge in [0.15, 0.2) is 0 Å². The Hall–Kier alpha value is -5.29. The van der Waals surface area contributed by atoms with Crippen molar-refractivity contribution in [3.05, 3.63) is 138 Å². The monoisotopic (exact) mass is 968 g/mol. The summed E-state index contributed by atoms with van der Waals surface area (Å²) in [6, 6.07) is 13.8. The van der Waals surface area contributed by atoms with Gasteiger partial charge in [0.25, 0.3) is 0 Å². The zero-order chi connectivity index (χ0) is 51.1. The van der Waals surface area contributed by atoms with E-state index in [1.54, 1.807) is 5.57 Å². The van der Waals surface area contributed by atoms with Gasteiger partial charge in [-0.1, -0.05) is 211 Å². The van der Waals surface area contributed by atoms with Crippen molar-refractivity contribution in [2.45, 2.75) is 181 Å². The predicted molar refractivity (Wildman–Crippen MR) is 318 cm³/mol. The summed E-state index contributed by atoms with van der Waals surface area (Å²) in [6.45, 7) is 32.0. The summed E-state index contributed by atoms with van der Waals surface area (Å²) in [6.07, 6.45) is 40.0. The number of anilines is 1. The number of unbranched alkanes of at least 4 members (excludes halogenated alkanes) is 12. The number of fused-ring (bicyclic) bond motifs is 4. The van der Waals surface area contributed by atoms with Crippen molar-refractivity contribution in [2.24, 2.45) is 11.8 Å². The fourth-order valence-corrected chi connectivity index (χ4v) is 12.9. The van der Waals surface area contributed by atoms with E-state index < -0.39 is 0 Å². The predicted octanol–water partition coefficient (Wildman–Crippen LogP) is 18.8. The summed E-state index contributed by atoms with van der Waals surface area (Å²) >= 11 is 0. The van der Waals surface area contributed by atoms with E-state index in [0.29, 0.717) is 12.0 Å². The van der Waals surface area contributed by atoms with Crippen LogP contribution in [-0.4, -0.2) is 48.1 Å². The van der Waals surface area contributed by atoms with Gasteiger partial charge in [0.05, 0.1) is 11.0 Å². The second-order valence-electron chi connectivity index (χ2n) is 21.4. The number of H-pyrrole nitrogens is 1. The molecule has 5 nitrogen and oxygen atoms in total. The number of hydrogen-bond donors (Lipinski definition) is 2. The average Bonchev–Trinajstić information content (AvgIpc) is 4.13. The summed E-state index contributed by atoms with van der Waals surface area (Å²) < 4.78 is 0. The summed E-state index contributed by atoms with van der Waals surface area (Å²) in [5, 5.41) is 6.17. The molecule has 4 aliphatic rings. The number of imidazole rings is 1. The topological polar surface area (TPSA) is 47.2 Å². The molecule has 3 aromatic carbocycles. The molecule has 4 aromatic rings. The fraction of sp³-hybridized carbons (Fsp3) is 0.507. The minimum absolute atomic E-state index is 0.148. The number of nitrogens with one attached hydrogen (secondary N) is 2. The molecular formula is C67H93N5. The van der Waals surface area contributed by atoms with Gasteiger partial charge in [0.2, 0.25) is 0 Å². The van der Waals surface area contributed by atoms with Crippen LogP contribution in [0.5, 0.6) is 0 Å². The van der Waals surface area contributed by atoms with Crippen molar-refractivity contribution in [1.82, 2.24) is 20.2 Å². The highest BCUT2D eigenvalue weighted by atomic mass is 15.2. The Labute approximate surface area is 437 Å². The van der Waals surface area contributed by atoms with Crippen molar-refractivity contribution >= 4 is 44.8 Å². The molecule has 2 unspecified atom stereocenters. The molecule has 2 heterocycles. The van der Waals surface area contributed by atoms with Crippen LogP contribution in [0.3, 0.4) is 0 Å². The van der Waals surface area contributed by atoms with Crippen LogP contribution in [0.4, 0.5) is 5.69 Å². The third-order valence-corrected chi connectivity index (χ3v) is 16.9. The van der Waals surface area contributed by atoms with E-state index >= 15 is 0 Å². The van der Waals surface area contributed by atoms with Crippen LogP contribution in [-0.2, 0) is 0 Å². The lowest BCUT2D eigenvalue weighted by molar-refractivity contribution is 0.294. The van der Waals surface area contributed by atoms with E-state index in [-0.39, 0.29) is 11.8 Å². The maximum absolute atomic E-state index is 5.76. The number of likely N-dealkylation sites (N-methyl/N-ethyl adjacent to an activating group) is 1. The molecule has 1 aliphatic heterocycles. The lowest BCUT2D eigenvalue weighted by Gasteiger charge is -2.44. The highest BCUT2D eigenvalue weighted by Gasteiger charge is 2.45. The number of allylic oxidation sites excluding steroid dienone is 7. The summed E-state index contributed by atoms with van der Waals surface area (Å²) in [4.78, 5) is 15.1. The smallest absolute Gasteiger partial charge is 0.138 e. The number of rotatable bonds is 29. The fourth-order valence-electron chi connectivity index (χ4n) is 12.9. The van der Waals surface area contributed by atoms with Crippen LogP contribution in [0.2, 0.25) is 0 Å². The first-order valence-electron chi connectivity index (χ1n) is 28.9. The van der Waals surface area contributed by atoms with Crippen LogP contribution >= 0.6 is 0 Å². The largest absolute Gasteiger partial charge is 0.388 e. The lowest BCUT2D eigenvalue weighted by atomic mass is 9.60. The molecule has 0 amide bonds. The second-order valence-corrected chi connectivity index (χ2v) is 21.4. The molecule has 5 heteroatoms. The molecule has 0 saturated carbocycles. The molecule has 72 heavy (non-hydrogen) atoms. The van der Waals surface area contributed by atoms with Gasteiger partial charge in [0, 0.05) is 95.4 Å². The molecular weight excluding hydrogens is 875 g/mol. The van der Waals surface area contributed by atoms with Crippen molar-refractivity contribution in [3.63, 3.8) is 0 Å². The number of hydrogen-bond acceptors (Lipinski definition) is 4. The summed E-state index contributed by atoms with van der Waals surface area (Å²) in [5.41, 5.74) is 17.5. The maximum Gasteiger partial charge on any atom is 0.138 e. The molecule has 3 aliphatic carbocycles. The van der Waals surface area contributed by atoms with Crippen LogP contribution < -0.4 is 10.2 Å². The van der Waals surface area contributed by atoms with Crippen LogP contribution in [0.15, 0.2) is 116 Å². The van der Waals surface area contributed by atoms with Crippen LogP contribution in [0, 0.1) is 11.8 Å². The number of aromatic nitrogens is 2. The number of benzene rings is 3. The Morgan fingerprint density at radius 1 is 0.806 bits per heavy atom. The zero-order valence-corrected chi connectivity index (χ0v) is 46.0. The molecule has 1 fully saturated rings. The third-order valence-electron chi connectivity index (χ3n) is 16.9. The van der Waals surface area contributed by atoms with Crippen molar-refractivity contribution in [2.75, 3.05) is 32.1 Å². The number of aromatic amines is 1. The zero-order valence-electron chi connectivity index (χ0n) is 46.0. The van der Waals surface area contributed by atoms with E-state index in [1.165, 1.54) is 197 Å². The number of nitrogens with zero attached hydrogens (tertiary/aromatic N) is 3. The molecule has 0 bridgehead atoms. The highest BCUT2D eigenvalue weighted by molar-refractivity contribution is 6.20. The third kappa shape index (κ3) is 11.4. The molecule has 1 aromatic heterocycles. The Morgan fingerprint density at radius 3 is 1.97 bits per heavy atom. The van der Waals surface area contributed by atoms with E-state index in [9.17, 15) is 0 Å². The van der Waals surface area contributed by atoms with E-state index in [1.807, 2.05) is 7.05 Å². The van der Waals surface area contributed by atoms with E-state index in [4.69, 9.17) is 18.1 Å².